The number of phenols is 1. The molecule has 0 bridgehead atoms. The molecular formula is C18H29NO2. The number of carbonyl (C=O) groups is 1. The van der Waals surface area contributed by atoms with Crippen LogP contribution in [0.5, 0.6) is 5.75 Å². The number of phenolic OH excluding ortho intramolecular Hbond substituents is 1. The van der Waals surface area contributed by atoms with Gasteiger partial charge in [-0.25, -0.2) is 0 Å². The fourth-order valence-electron chi connectivity index (χ4n) is 2.46. The monoisotopic (exact) mass is 291 g/mol. The molecule has 1 aromatic carbocycles. The van der Waals surface area contributed by atoms with Gasteiger partial charge in [-0.05, 0) is 37.0 Å². The van der Waals surface area contributed by atoms with Crippen LogP contribution in [0.2, 0.25) is 0 Å². The van der Waals surface area contributed by atoms with Gasteiger partial charge in [-0.2, -0.15) is 0 Å². The largest absolute Gasteiger partial charge is 0.508 e. The summed E-state index contributed by atoms with van der Waals surface area (Å²) < 4.78 is 0. The number of aryl methyl sites for hydroxylation is 1. The zero-order valence-electron chi connectivity index (χ0n) is 13.2. The average Bonchev–Trinajstić information content (AvgIpc) is 2.50. The third-order valence-electron chi connectivity index (χ3n) is 3.83. The van der Waals surface area contributed by atoms with Crippen molar-refractivity contribution in [3.63, 3.8) is 0 Å². The molecule has 0 aliphatic carbocycles. The lowest BCUT2D eigenvalue weighted by Gasteiger charge is -2.03. The zero-order chi connectivity index (χ0) is 15.3. The van der Waals surface area contributed by atoms with Gasteiger partial charge in [0.15, 0.2) is 0 Å². The number of carbonyl (C=O) groups excluding carboxylic acids is 1. The van der Waals surface area contributed by atoms with Crippen molar-refractivity contribution < 1.29 is 9.90 Å². The smallest absolute Gasteiger partial charge is 0.219 e. The fraction of sp³-hybridized carbons (Fsp3) is 0.611. The van der Waals surface area contributed by atoms with Crippen LogP contribution in [0, 0.1) is 0 Å². The summed E-state index contributed by atoms with van der Waals surface area (Å²) in [5.41, 5.74) is 1.31. The highest BCUT2D eigenvalue weighted by molar-refractivity contribution is 5.75. The molecule has 0 atom stereocenters. The fourth-order valence-corrected chi connectivity index (χ4v) is 2.46. The molecule has 0 unspecified atom stereocenters. The Morgan fingerprint density at radius 3 is 2.00 bits per heavy atom. The van der Waals surface area contributed by atoms with Gasteiger partial charge in [-0.3, -0.25) is 4.79 Å². The normalized spacial score (nSPS) is 10.5. The van der Waals surface area contributed by atoms with E-state index in [0.717, 1.165) is 12.8 Å². The zero-order valence-corrected chi connectivity index (χ0v) is 13.2. The number of rotatable bonds is 11. The number of hydrogen-bond donors (Lipinski definition) is 2. The van der Waals surface area contributed by atoms with E-state index in [1.807, 2.05) is 12.1 Å². The second kappa shape index (κ2) is 11.2. The summed E-state index contributed by atoms with van der Waals surface area (Å²) in [6.07, 6.45) is 11.6. The number of unbranched alkanes of at least 4 members (excludes halogenated alkanes) is 7. The van der Waals surface area contributed by atoms with E-state index < -0.39 is 0 Å². The van der Waals surface area contributed by atoms with Crippen LogP contribution < -0.4 is 5.32 Å². The number of hydrogen-bond acceptors (Lipinski definition) is 2. The topological polar surface area (TPSA) is 49.3 Å². The molecule has 3 heteroatoms. The third kappa shape index (κ3) is 9.11. The van der Waals surface area contributed by atoms with Crippen LogP contribution >= 0.6 is 0 Å². The van der Waals surface area contributed by atoms with Gasteiger partial charge < -0.3 is 10.4 Å². The van der Waals surface area contributed by atoms with Gasteiger partial charge in [0, 0.05) is 13.5 Å². The van der Waals surface area contributed by atoms with Gasteiger partial charge in [0.2, 0.25) is 5.91 Å². The SMILES string of the molecule is CNC(=O)CCCCCCCCCCc1ccc(O)cc1. The molecule has 0 saturated carbocycles. The minimum absolute atomic E-state index is 0.157. The van der Waals surface area contributed by atoms with E-state index in [-0.39, 0.29) is 5.91 Å². The highest BCUT2D eigenvalue weighted by atomic mass is 16.3. The molecule has 0 heterocycles. The maximum Gasteiger partial charge on any atom is 0.219 e. The molecule has 1 aromatic rings. The van der Waals surface area contributed by atoms with Gasteiger partial charge in [0.05, 0.1) is 0 Å². The van der Waals surface area contributed by atoms with Crippen LogP contribution in [0.3, 0.4) is 0 Å². The Morgan fingerprint density at radius 1 is 0.905 bits per heavy atom. The molecule has 3 nitrogen and oxygen atoms in total. The third-order valence-corrected chi connectivity index (χ3v) is 3.83. The molecule has 0 aliphatic heterocycles. The van der Waals surface area contributed by atoms with E-state index in [4.69, 9.17) is 0 Å². The van der Waals surface area contributed by atoms with Crippen molar-refractivity contribution in [1.29, 1.82) is 0 Å². The lowest BCUT2D eigenvalue weighted by Crippen LogP contribution is -2.16. The van der Waals surface area contributed by atoms with Crippen molar-refractivity contribution in [2.75, 3.05) is 7.05 Å². The van der Waals surface area contributed by atoms with Crippen molar-refractivity contribution in [3.05, 3.63) is 29.8 Å². The van der Waals surface area contributed by atoms with Crippen LogP contribution in [-0.4, -0.2) is 18.1 Å². The quantitative estimate of drug-likeness (QED) is 0.601. The van der Waals surface area contributed by atoms with E-state index in [1.165, 1.54) is 50.5 Å². The Morgan fingerprint density at radius 2 is 1.43 bits per heavy atom. The summed E-state index contributed by atoms with van der Waals surface area (Å²) in [6, 6.07) is 7.52. The second-order valence-electron chi connectivity index (χ2n) is 5.67. The maximum absolute atomic E-state index is 11.0. The standard InChI is InChI=1S/C18H29NO2/c1-19-18(21)11-9-7-5-3-2-4-6-8-10-16-12-14-17(20)15-13-16/h12-15,20H,2-11H2,1H3,(H,19,21). The minimum Gasteiger partial charge on any atom is -0.508 e. The highest BCUT2D eigenvalue weighted by Gasteiger charge is 1.98. The van der Waals surface area contributed by atoms with Crippen LogP contribution in [-0.2, 0) is 11.2 Å². The molecule has 2 N–H and O–H groups in total. The molecular weight excluding hydrogens is 262 g/mol. The Balaban J connectivity index is 1.86. The van der Waals surface area contributed by atoms with Crippen molar-refractivity contribution in [2.24, 2.45) is 0 Å². The first kappa shape index (κ1) is 17.5. The second-order valence-corrected chi connectivity index (χ2v) is 5.67. The summed E-state index contributed by atoms with van der Waals surface area (Å²) in [6.45, 7) is 0. The number of nitrogens with one attached hydrogen (secondary N) is 1. The Hall–Kier alpha value is -1.51. The Labute approximate surface area is 128 Å². The number of amides is 1. The van der Waals surface area contributed by atoms with E-state index >= 15 is 0 Å². The predicted molar refractivity (Wildman–Crippen MR) is 87.4 cm³/mol. The molecule has 0 aliphatic rings. The van der Waals surface area contributed by atoms with Crippen LogP contribution in [0.1, 0.15) is 63.4 Å². The molecule has 0 aromatic heterocycles. The lowest BCUT2D eigenvalue weighted by atomic mass is 10.0. The van der Waals surface area contributed by atoms with E-state index in [2.05, 4.69) is 5.32 Å². The molecule has 0 saturated heterocycles. The Bertz CT molecular complexity index is 387. The minimum atomic E-state index is 0.157. The van der Waals surface area contributed by atoms with Gasteiger partial charge in [-0.15, -0.1) is 0 Å². The van der Waals surface area contributed by atoms with Crippen molar-refractivity contribution in [3.8, 4) is 5.75 Å². The molecule has 0 spiro atoms. The summed E-state index contributed by atoms with van der Waals surface area (Å²) in [4.78, 5) is 11.0. The molecule has 21 heavy (non-hydrogen) atoms. The molecule has 118 valence electrons. The molecule has 1 amide bonds. The molecule has 0 fully saturated rings. The summed E-state index contributed by atoms with van der Waals surface area (Å²) >= 11 is 0. The first-order valence-corrected chi connectivity index (χ1v) is 8.21. The first-order valence-electron chi connectivity index (χ1n) is 8.21. The van der Waals surface area contributed by atoms with Crippen molar-refractivity contribution in [2.45, 2.75) is 64.2 Å². The van der Waals surface area contributed by atoms with Crippen LogP contribution in [0.4, 0.5) is 0 Å². The highest BCUT2D eigenvalue weighted by Crippen LogP contribution is 2.14. The number of aromatic hydroxyl groups is 1. The van der Waals surface area contributed by atoms with Gasteiger partial charge in [0.1, 0.15) is 5.75 Å². The molecule has 0 radical (unpaired) electrons. The summed E-state index contributed by atoms with van der Waals surface area (Å²) in [7, 11) is 1.69. The van der Waals surface area contributed by atoms with Crippen LogP contribution in [0.25, 0.3) is 0 Å². The summed E-state index contributed by atoms with van der Waals surface area (Å²) in [5, 5.41) is 11.9. The Kier molecular flexibility index (Phi) is 9.34. The number of benzene rings is 1. The maximum atomic E-state index is 11.0. The van der Waals surface area contributed by atoms with Crippen LogP contribution in [0.15, 0.2) is 24.3 Å². The van der Waals surface area contributed by atoms with Gasteiger partial charge >= 0.3 is 0 Å². The summed E-state index contributed by atoms with van der Waals surface area (Å²) in [5.74, 6) is 0.499. The predicted octanol–water partition coefficient (Wildman–Crippen LogP) is 4.19. The van der Waals surface area contributed by atoms with E-state index in [1.54, 1.807) is 19.2 Å². The van der Waals surface area contributed by atoms with E-state index in [0.29, 0.717) is 12.2 Å². The van der Waals surface area contributed by atoms with Crippen molar-refractivity contribution in [1.82, 2.24) is 5.32 Å². The van der Waals surface area contributed by atoms with E-state index in [9.17, 15) is 9.90 Å². The average molecular weight is 291 g/mol. The van der Waals surface area contributed by atoms with Gasteiger partial charge in [-0.1, -0.05) is 50.7 Å². The molecule has 1 rings (SSSR count). The van der Waals surface area contributed by atoms with Gasteiger partial charge in [0.25, 0.3) is 0 Å². The van der Waals surface area contributed by atoms with Crippen molar-refractivity contribution >= 4 is 5.91 Å². The first-order chi connectivity index (χ1) is 10.2. The lowest BCUT2D eigenvalue weighted by molar-refractivity contribution is -0.120.